The number of hydrogen-bond donors (Lipinski definition) is 1. The number of carbonyl (C=O) groups excluding carboxylic acids is 1. The number of anilines is 1. The molecule has 0 saturated carbocycles. The van der Waals surface area contributed by atoms with Crippen molar-refractivity contribution < 1.29 is 14.3 Å². The highest BCUT2D eigenvalue weighted by Crippen LogP contribution is 2.37. The number of methoxy groups -OCH3 is 1. The second-order valence-electron chi connectivity index (χ2n) is 6.48. The van der Waals surface area contributed by atoms with Gasteiger partial charge in [0.2, 0.25) is 0 Å². The van der Waals surface area contributed by atoms with Crippen molar-refractivity contribution in [3.8, 4) is 22.6 Å². The zero-order valence-corrected chi connectivity index (χ0v) is 15.9. The van der Waals surface area contributed by atoms with Crippen LogP contribution in [0.2, 0.25) is 0 Å². The molecule has 0 bridgehead atoms. The van der Waals surface area contributed by atoms with Gasteiger partial charge in [0.15, 0.2) is 0 Å². The van der Waals surface area contributed by atoms with E-state index in [2.05, 4.69) is 5.32 Å². The summed E-state index contributed by atoms with van der Waals surface area (Å²) in [4.78, 5) is 12.6. The average Bonchev–Trinajstić information content (AvgIpc) is 3.04. The number of hydrogen-bond acceptors (Lipinski definition) is 3. The molecule has 0 atom stereocenters. The molecule has 140 valence electrons. The summed E-state index contributed by atoms with van der Waals surface area (Å²) >= 11 is 0. The lowest BCUT2D eigenvalue weighted by Crippen LogP contribution is -2.03. The van der Waals surface area contributed by atoms with Gasteiger partial charge in [-0.3, -0.25) is 4.79 Å². The molecule has 1 heterocycles. The molecule has 0 fully saturated rings. The quantitative estimate of drug-likeness (QED) is 0.623. The number of nitrogens with one attached hydrogen (secondary N) is 1. The summed E-state index contributed by atoms with van der Waals surface area (Å²) in [5.74, 6) is 1.46. The molecule has 3 aromatic rings. The predicted octanol–water partition coefficient (Wildman–Crippen LogP) is 5.25. The normalized spacial score (nSPS) is 13.9. The average molecular weight is 371 g/mol. The van der Waals surface area contributed by atoms with E-state index in [-0.39, 0.29) is 5.91 Å². The smallest absolute Gasteiger partial charge is 0.256 e. The molecule has 4 rings (SSSR count). The number of para-hydroxylation sites is 1. The molecule has 3 aromatic carbocycles. The van der Waals surface area contributed by atoms with Crippen LogP contribution >= 0.6 is 0 Å². The van der Waals surface area contributed by atoms with Gasteiger partial charge in [-0.05, 0) is 48.4 Å². The van der Waals surface area contributed by atoms with Crippen molar-refractivity contribution in [3.63, 3.8) is 0 Å². The van der Waals surface area contributed by atoms with E-state index in [1.165, 1.54) is 0 Å². The molecular weight excluding hydrogens is 350 g/mol. The summed E-state index contributed by atoms with van der Waals surface area (Å²) in [7, 11) is 1.65. The molecule has 0 aliphatic carbocycles. The van der Waals surface area contributed by atoms with Crippen molar-refractivity contribution in [3.05, 3.63) is 77.9 Å². The number of fused-ring (bicyclic) bond motifs is 1. The van der Waals surface area contributed by atoms with Gasteiger partial charge in [-0.15, -0.1) is 0 Å². The highest BCUT2D eigenvalue weighted by atomic mass is 16.5. The highest BCUT2D eigenvalue weighted by molar-refractivity contribution is 6.35. The van der Waals surface area contributed by atoms with Crippen LogP contribution < -0.4 is 14.8 Å². The summed E-state index contributed by atoms with van der Waals surface area (Å²) in [6.45, 7) is 2.52. The van der Waals surface area contributed by atoms with Crippen LogP contribution in [-0.2, 0) is 4.79 Å². The minimum Gasteiger partial charge on any atom is -0.497 e. The third kappa shape index (κ3) is 3.37. The van der Waals surface area contributed by atoms with E-state index >= 15 is 0 Å². The molecule has 0 radical (unpaired) electrons. The van der Waals surface area contributed by atoms with E-state index in [4.69, 9.17) is 9.47 Å². The zero-order chi connectivity index (χ0) is 19.5. The maximum Gasteiger partial charge on any atom is 0.256 e. The highest BCUT2D eigenvalue weighted by Gasteiger charge is 2.24. The topological polar surface area (TPSA) is 47.6 Å². The van der Waals surface area contributed by atoms with Gasteiger partial charge >= 0.3 is 0 Å². The standard InChI is InChI=1S/C24H21NO3/c1-3-28-23-10-5-4-7-18(23)14-21-20-12-11-17(15-22(20)25-24(21)26)16-8-6-9-19(13-16)27-2/h4-15H,3H2,1-2H3,(H,25,26). The minimum absolute atomic E-state index is 0.107. The molecule has 4 nitrogen and oxygen atoms in total. The summed E-state index contributed by atoms with van der Waals surface area (Å²) in [5.41, 5.74) is 5.29. The Kier molecular flexibility index (Phi) is 4.85. The fraction of sp³-hybridized carbons (Fsp3) is 0.125. The Morgan fingerprint density at radius 3 is 2.61 bits per heavy atom. The van der Waals surface area contributed by atoms with Gasteiger partial charge in [-0.25, -0.2) is 0 Å². The van der Waals surface area contributed by atoms with E-state index in [0.717, 1.165) is 39.4 Å². The number of amides is 1. The first kappa shape index (κ1) is 17.9. The van der Waals surface area contributed by atoms with Crippen molar-refractivity contribution in [2.75, 3.05) is 19.0 Å². The molecule has 1 aliphatic heterocycles. The molecule has 1 N–H and O–H groups in total. The summed E-state index contributed by atoms with van der Waals surface area (Å²) < 4.78 is 11.0. The molecular formula is C24H21NO3. The van der Waals surface area contributed by atoms with Crippen LogP contribution in [-0.4, -0.2) is 19.6 Å². The van der Waals surface area contributed by atoms with E-state index in [0.29, 0.717) is 12.2 Å². The number of benzene rings is 3. The van der Waals surface area contributed by atoms with E-state index in [1.54, 1.807) is 7.11 Å². The third-order valence-corrected chi connectivity index (χ3v) is 4.72. The van der Waals surface area contributed by atoms with E-state index in [9.17, 15) is 4.79 Å². The minimum atomic E-state index is -0.107. The van der Waals surface area contributed by atoms with Gasteiger partial charge in [-0.2, -0.15) is 0 Å². The second kappa shape index (κ2) is 7.61. The van der Waals surface area contributed by atoms with Crippen LogP contribution in [0.3, 0.4) is 0 Å². The monoisotopic (exact) mass is 371 g/mol. The molecule has 0 aromatic heterocycles. The van der Waals surface area contributed by atoms with Crippen molar-refractivity contribution in [1.29, 1.82) is 0 Å². The molecule has 1 aliphatic rings. The molecule has 0 saturated heterocycles. The van der Waals surface area contributed by atoms with Gasteiger partial charge < -0.3 is 14.8 Å². The first-order chi connectivity index (χ1) is 13.7. The fourth-order valence-electron chi connectivity index (χ4n) is 3.36. The fourth-order valence-corrected chi connectivity index (χ4v) is 3.36. The second-order valence-corrected chi connectivity index (χ2v) is 6.48. The number of carbonyl (C=O) groups is 1. The Balaban J connectivity index is 1.73. The lowest BCUT2D eigenvalue weighted by molar-refractivity contribution is -0.110. The third-order valence-electron chi connectivity index (χ3n) is 4.72. The molecule has 0 spiro atoms. The van der Waals surface area contributed by atoms with Crippen LogP contribution in [0.15, 0.2) is 66.7 Å². The Bertz CT molecular complexity index is 1070. The van der Waals surface area contributed by atoms with Gasteiger partial charge in [-0.1, -0.05) is 42.5 Å². The molecule has 28 heavy (non-hydrogen) atoms. The van der Waals surface area contributed by atoms with Crippen LogP contribution in [0.25, 0.3) is 22.8 Å². The van der Waals surface area contributed by atoms with Gasteiger partial charge in [0.05, 0.1) is 13.7 Å². The lowest BCUT2D eigenvalue weighted by atomic mass is 9.99. The van der Waals surface area contributed by atoms with Gasteiger partial charge in [0.1, 0.15) is 11.5 Å². The predicted molar refractivity (Wildman–Crippen MR) is 113 cm³/mol. The largest absolute Gasteiger partial charge is 0.497 e. The summed E-state index contributed by atoms with van der Waals surface area (Å²) in [5, 5.41) is 2.98. The van der Waals surface area contributed by atoms with Crippen LogP contribution in [0.5, 0.6) is 11.5 Å². The lowest BCUT2D eigenvalue weighted by Gasteiger charge is -2.08. The number of ether oxygens (including phenoxy) is 2. The Labute approximate surface area is 164 Å². The maximum absolute atomic E-state index is 12.6. The van der Waals surface area contributed by atoms with E-state index < -0.39 is 0 Å². The Hall–Kier alpha value is -3.53. The van der Waals surface area contributed by atoms with E-state index in [1.807, 2.05) is 79.7 Å². The van der Waals surface area contributed by atoms with Gasteiger partial charge in [0, 0.05) is 22.4 Å². The first-order valence-electron chi connectivity index (χ1n) is 9.23. The SMILES string of the molecule is CCOc1ccccc1C=C1C(=O)Nc2cc(-c3cccc(OC)c3)ccc21. The Morgan fingerprint density at radius 2 is 1.79 bits per heavy atom. The molecule has 0 unspecified atom stereocenters. The zero-order valence-electron chi connectivity index (χ0n) is 15.9. The van der Waals surface area contributed by atoms with Crippen molar-refractivity contribution in [2.45, 2.75) is 6.92 Å². The molecule has 4 heteroatoms. The van der Waals surface area contributed by atoms with Crippen LogP contribution in [0.4, 0.5) is 5.69 Å². The number of rotatable bonds is 5. The Morgan fingerprint density at radius 1 is 0.964 bits per heavy atom. The van der Waals surface area contributed by atoms with Gasteiger partial charge in [0.25, 0.3) is 5.91 Å². The van der Waals surface area contributed by atoms with Crippen molar-refractivity contribution in [1.82, 2.24) is 0 Å². The maximum atomic E-state index is 12.6. The first-order valence-corrected chi connectivity index (χ1v) is 9.23. The molecule has 1 amide bonds. The summed E-state index contributed by atoms with van der Waals surface area (Å²) in [6.07, 6.45) is 1.89. The van der Waals surface area contributed by atoms with Crippen LogP contribution in [0.1, 0.15) is 18.1 Å². The van der Waals surface area contributed by atoms with Crippen molar-refractivity contribution in [2.24, 2.45) is 0 Å². The van der Waals surface area contributed by atoms with Crippen molar-refractivity contribution >= 4 is 23.2 Å². The van der Waals surface area contributed by atoms with Crippen LogP contribution in [0, 0.1) is 0 Å². The summed E-state index contributed by atoms with van der Waals surface area (Å²) in [6, 6.07) is 21.6.